The van der Waals surface area contributed by atoms with Gasteiger partial charge >= 0.3 is 0 Å². The number of benzene rings is 2. The number of halogens is 1. The number of nitrogens with zero attached hydrogens (tertiary/aromatic N) is 1. The second-order valence-electron chi connectivity index (χ2n) is 4.72. The lowest BCUT2D eigenvalue weighted by Crippen LogP contribution is -2.13. The van der Waals surface area contributed by atoms with Crippen molar-refractivity contribution in [2.45, 2.75) is 0 Å². The highest BCUT2D eigenvalue weighted by Gasteiger charge is 2.12. The zero-order chi connectivity index (χ0) is 17.5. The van der Waals surface area contributed by atoms with E-state index in [9.17, 15) is 10.1 Å². The van der Waals surface area contributed by atoms with Crippen LogP contribution in [-0.2, 0) is 4.79 Å². The Morgan fingerprint density at radius 1 is 1.17 bits per heavy atom. The van der Waals surface area contributed by atoms with Crippen molar-refractivity contribution in [1.82, 2.24) is 0 Å². The highest BCUT2D eigenvalue weighted by atomic mass is 79.9. The van der Waals surface area contributed by atoms with E-state index in [1.165, 1.54) is 20.3 Å². The first-order valence-electron chi connectivity index (χ1n) is 6.98. The topological polar surface area (TPSA) is 71.3 Å². The maximum absolute atomic E-state index is 12.3. The molecule has 2 aromatic rings. The van der Waals surface area contributed by atoms with E-state index >= 15 is 0 Å². The van der Waals surface area contributed by atoms with Crippen LogP contribution in [0.1, 0.15) is 5.56 Å². The van der Waals surface area contributed by atoms with Gasteiger partial charge in [-0.25, -0.2) is 0 Å². The van der Waals surface area contributed by atoms with Crippen LogP contribution in [0.2, 0.25) is 0 Å². The number of methoxy groups -OCH3 is 2. The van der Waals surface area contributed by atoms with Gasteiger partial charge in [-0.15, -0.1) is 0 Å². The van der Waals surface area contributed by atoms with Crippen LogP contribution in [0.5, 0.6) is 11.5 Å². The van der Waals surface area contributed by atoms with Crippen LogP contribution in [0.25, 0.3) is 6.08 Å². The van der Waals surface area contributed by atoms with E-state index in [0.717, 1.165) is 10.0 Å². The normalized spacial score (nSPS) is 10.7. The van der Waals surface area contributed by atoms with E-state index in [-0.39, 0.29) is 5.57 Å². The highest BCUT2D eigenvalue weighted by Crippen LogP contribution is 2.30. The van der Waals surface area contributed by atoms with Gasteiger partial charge in [0.1, 0.15) is 11.6 Å². The average molecular weight is 387 g/mol. The number of nitrogens with one attached hydrogen (secondary N) is 1. The van der Waals surface area contributed by atoms with Crippen LogP contribution in [-0.4, -0.2) is 20.1 Å². The van der Waals surface area contributed by atoms with Crippen molar-refractivity contribution >= 4 is 33.6 Å². The third-order valence-electron chi connectivity index (χ3n) is 3.21. The molecule has 2 rings (SSSR count). The van der Waals surface area contributed by atoms with Crippen molar-refractivity contribution in [2.24, 2.45) is 0 Å². The van der Waals surface area contributed by atoms with Crippen molar-refractivity contribution in [3.8, 4) is 17.6 Å². The first-order valence-corrected chi connectivity index (χ1v) is 7.78. The molecule has 24 heavy (non-hydrogen) atoms. The lowest BCUT2D eigenvalue weighted by atomic mass is 10.1. The molecule has 0 saturated carbocycles. The molecule has 0 aliphatic rings. The summed E-state index contributed by atoms with van der Waals surface area (Å²) in [4.78, 5) is 12.3. The molecule has 0 saturated heterocycles. The SMILES string of the molecule is COc1ccc(NC(=O)/C(C#N)=C/c2ccccc2Br)cc1OC. The van der Waals surface area contributed by atoms with E-state index in [4.69, 9.17) is 9.47 Å². The molecule has 122 valence electrons. The maximum Gasteiger partial charge on any atom is 0.266 e. The van der Waals surface area contributed by atoms with Gasteiger partial charge in [-0.3, -0.25) is 4.79 Å². The predicted octanol–water partition coefficient (Wildman–Crippen LogP) is 4.01. The summed E-state index contributed by atoms with van der Waals surface area (Å²) in [5.74, 6) is 0.545. The monoisotopic (exact) mass is 386 g/mol. The molecule has 6 heteroatoms. The summed E-state index contributed by atoms with van der Waals surface area (Å²) in [6, 6.07) is 14.2. The van der Waals surface area contributed by atoms with Crippen LogP contribution in [0.3, 0.4) is 0 Å². The largest absolute Gasteiger partial charge is 0.493 e. The minimum Gasteiger partial charge on any atom is -0.493 e. The Kier molecular flexibility index (Phi) is 5.99. The van der Waals surface area contributed by atoms with Gasteiger partial charge in [0.2, 0.25) is 0 Å². The van der Waals surface area contributed by atoms with E-state index in [1.807, 2.05) is 30.3 Å². The van der Waals surface area contributed by atoms with Gasteiger partial charge in [-0.05, 0) is 29.8 Å². The summed E-state index contributed by atoms with van der Waals surface area (Å²) in [5.41, 5.74) is 1.25. The van der Waals surface area contributed by atoms with Crippen molar-refractivity contribution in [3.05, 3.63) is 58.1 Å². The number of nitriles is 1. The van der Waals surface area contributed by atoms with Gasteiger partial charge in [0.05, 0.1) is 14.2 Å². The molecule has 2 aromatic carbocycles. The lowest BCUT2D eigenvalue weighted by molar-refractivity contribution is -0.112. The fraction of sp³-hybridized carbons (Fsp3) is 0.111. The first kappa shape index (κ1) is 17.6. The Morgan fingerprint density at radius 2 is 1.88 bits per heavy atom. The van der Waals surface area contributed by atoms with Gasteiger partial charge in [-0.2, -0.15) is 5.26 Å². The van der Waals surface area contributed by atoms with Gasteiger partial charge in [0.15, 0.2) is 11.5 Å². The van der Waals surface area contributed by atoms with Crippen LogP contribution in [0.4, 0.5) is 5.69 Å². The number of rotatable bonds is 5. The zero-order valence-corrected chi connectivity index (χ0v) is 14.8. The lowest BCUT2D eigenvalue weighted by Gasteiger charge is -2.10. The van der Waals surface area contributed by atoms with Crippen LogP contribution in [0.15, 0.2) is 52.5 Å². The number of carbonyl (C=O) groups is 1. The van der Waals surface area contributed by atoms with Crippen LogP contribution >= 0.6 is 15.9 Å². The molecule has 0 atom stereocenters. The zero-order valence-electron chi connectivity index (χ0n) is 13.2. The fourth-order valence-corrected chi connectivity index (χ4v) is 2.41. The molecule has 5 nitrogen and oxygen atoms in total. The van der Waals surface area contributed by atoms with Crippen molar-refractivity contribution in [1.29, 1.82) is 5.26 Å². The van der Waals surface area contributed by atoms with E-state index in [2.05, 4.69) is 21.2 Å². The molecule has 0 aromatic heterocycles. The molecular formula is C18H15BrN2O3. The second kappa shape index (κ2) is 8.18. The Morgan fingerprint density at radius 3 is 2.50 bits per heavy atom. The number of hydrogen-bond donors (Lipinski definition) is 1. The van der Waals surface area contributed by atoms with Gasteiger partial charge in [-0.1, -0.05) is 34.1 Å². The molecule has 0 unspecified atom stereocenters. The average Bonchev–Trinajstić information content (AvgIpc) is 2.60. The smallest absolute Gasteiger partial charge is 0.266 e. The molecule has 0 heterocycles. The summed E-state index contributed by atoms with van der Waals surface area (Å²) in [7, 11) is 3.04. The molecule has 0 fully saturated rings. The quantitative estimate of drug-likeness (QED) is 0.622. The van der Waals surface area contributed by atoms with E-state index < -0.39 is 5.91 Å². The molecule has 0 aliphatic heterocycles. The maximum atomic E-state index is 12.3. The summed E-state index contributed by atoms with van der Waals surface area (Å²) >= 11 is 3.39. The van der Waals surface area contributed by atoms with Gasteiger partial charge in [0.25, 0.3) is 5.91 Å². The van der Waals surface area contributed by atoms with Gasteiger partial charge in [0, 0.05) is 16.2 Å². The minimum absolute atomic E-state index is 0.00307. The van der Waals surface area contributed by atoms with Crippen molar-refractivity contribution in [3.63, 3.8) is 0 Å². The highest BCUT2D eigenvalue weighted by molar-refractivity contribution is 9.10. The van der Waals surface area contributed by atoms with Crippen LogP contribution < -0.4 is 14.8 Å². The third kappa shape index (κ3) is 4.15. The standard InChI is InChI=1S/C18H15BrN2O3/c1-23-16-8-7-14(10-17(16)24-2)21-18(22)13(11-20)9-12-5-3-4-6-15(12)19/h3-10H,1-2H3,(H,21,22)/b13-9+. The van der Waals surface area contributed by atoms with Gasteiger partial charge < -0.3 is 14.8 Å². The number of ether oxygens (including phenoxy) is 2. The minimum atomic E-state index is -0.500. The first-order chi connectivity index (χ1) is 11.6. The summed E-state index contributed by atoms with van der Waals surface area (Å²) in [6.07, 6.45) is 1.53. The molecule has 0 aliphatic carbocycles. The number of hydrogen-bond acceptors (Lipinski definition) is 4. The predicted molar refractivity (Wildman–Crippen MR) is 95.9 cm³/mol. The fourth-order valence-electron chi connectivity index (χ4n) is 2.01. The number of carbonyl (C=O) groups excluding carboxylic acids is 1. The molecule has 0 radical (unpaired) electrons. The molecule has 0 spiro atoms. The van der Waals surface area contributed by atoms with Crippen molar-refractivity contribution < 1.29 is 14.3 Å². The summed E-state index contributed by atoms with van der Waals surface area (Å²) < 4.78 is 11.1. The molecule has 1 amide bonds. The van der Waals surface area contributed by atoms with Crippen LogP contribution in [0, 0.1) is 11.3 Å². The Balaban J connectivity index is 2.25. The molecule has 1 N–H and O–H groups in total. The molecular weight excluding hydrogens is 372 g/mol. The van der Waals surface area contributed by atoms with E-state index in [1.54, 1.807) is 18.2 Å². The molecule has 0 bridgehead atoms. The Bertz CT molecular complexity index is 825. The number of anilines is 1. The third-order valence-corrected chi connectivity index (χ3v) is 3.93. The summed E-state index contributed by atoms with van der Waals surface area (Å²) in [5, 5.41) is 11.9. The second-order valence-corrected chi connectivity index (χ2v) is 5.57. The summed E-state index contributed by atoms with van der Waals surface area (Å²) in [6.45, 7) is 0. The Hall–Kier alpha value is -2.78. The Labute approximate surface area is 148 Å². The van der Waals surface area contributed by atoms with Crippen molar-refractivity contribution in [2.75, 3.05) is 19.5 Å². The number of amides is 1. The van der Waals surface area contributed by atoms with E-state index in [0.29, 0.717) is 17.2 Å².